The first-order valence-corrected chi connectivity index (χ1v) is 10.1. The first-order chi connectivity index (χ1) is 14.9. The van der Waals surface area contributed by atoms with Crippen molar-refractivity contribution in [2.45, 2.75) is 19.4 Å². The number of likely N-dealkylation sites (tertiary alicyclic amines) is 1. The molecule has 0 aliphatic carbocycles. The molecule has 0 aromatic heterocycles. The van der Waals surface area contributed by atoms with Gasteiger partial charge in [-0.15, -0.1) is 0 Å². The Morgan fingerprint density at radius 2 is 1.77 bits per heavy atom. The molecule has 1 aliphatic heterocycles. The molecular formula is C23H24ClNO6. The molecule has 1 heterocycles. The van der Waals surface area contributed by atoms with E-state index in [0.717, 1.165) is 0 Å². The van der Waals surface area contributed by atoms with E-state index in [4.69, 9.17) is 25.8 Å². The van der Waals surface area contributed by atoms with Crippen molar-refractivity contribution in [3.8, 4) is 17.2 Å². The van der Waals surface area contributed by atoms with E-state index in [0.29, 0.717) is 30.0 Å². The number of ketones is 1. The van der Waals surface area contributed by atoms with Gasteiger partial charge in [0.05, 0.1) is 43.5 Å². The van der Waals surface area contributed by atoms with Crippen molar-refractivity contribution < 1.29 is 28.9 Å². The predicted octanol–water partition coefficient (Wildman–Crippen LogP) is 4.20. The number of ether oxygens (including phenoxy) is 3. The number of hydrogen-bond acceptors (Lipinski definition) is 6. The molecular weight excluding hydrogens is 422 g/mol. The van der Waals surface area contributed by atoms with Crippen molar-refractivity contribution in [3.63, 3.8) is 0 Å². The third-order valence-electron chi connectivity index (χ3n) is 5.14. The fraction of sp³-hybridized carbons (Fsp3) is 0.304. The van der Waals surface area contributed by atoms with E-state index in [-0.39, 0.29) is 27.7 Å². The van der Waals surface area contributed by atoms with Crippen LogP contribution in [0.25, 0.3) is 5.76 Å². The minimum Gasteiger partial charge on any atom is -0.507 e. The summed E-state index contributed by atoms with van der Waals surface area (Å²) < 4.78 is 15.9. The monoisotopic (exact) mass is 445 g/mol. The maximum absolute atomic E-state index is 13.0. The van der Waals surface area contributed by atoms with E-state index in [1.165, 1.54) is 38.4 Å². The van der Waals surface area contributed by atoms with E-state index in [1.54, 1.807) is 24.3 Å². The lowest BCUT2D eigenvalue weighted by molar-refractivity contribution is -0.139. The number of Topliss-reactive ketones (excluding diaryl/α,β-unsaturated/α-hetero) is 1. The van der Waals surface area contributed by atoms with Crippen LogP contribution in [0.4, 0.5) is 0 Å². The summed E-state index contributed by atoms with van der Waals surface area (Å²) in [4.78, 5) is 27.3. The second-order valence-electron chi connectivity index (χ2n) is 6.96. The van der Waals surface area contributed by atoms with Gasteiger partial charge in [-0.3, -0.25) is 9.59 Å². The van der Waals surface area contributed by atoms with E-state index in [1.807, 2.05) is 6.92 Å². The fourth-order valence-corrected chi connectivity index (χ4v) is 3.94. The van der Waals surface area contributed by atoms with Gasteiger partial charge in [0.25, 0.3) is 11.7 Å². The normalized spacial score (nSPS) is 17.7. The van der Waals surface area contributed by atoms with E-state index in [9.17, 15) is 14.7 Å². The average molecular weight is 446 g/mol. The Morgan fingerprint density at radius 1 is 1.06 bits per heavy atom. The minimum atomic E-state index is -0.777. The Balaban J connectivity index is 2.26. The van der Waals surface area contributed by atoms with Gasteiger partial charge in [0, 0.05) is 12.6 Å². The number of rotatable bonds is 7. The summed E-state index contributed by atoms with van der Waals surface area (Å²) in [6, 6.07) is 9.25. The number of benzene rings is 2. The van der Waals surface area contributed by atoms with Gasteiger partial charge in [-0.1, -0.05) is 30.7 Å². The van der Waals surface area contributed by atoms with Crippen LogP contribution in [0.1, 0.15) is 30.5 Å². The van der Waals surface area contributed by atoms with Crippen LogP contribution < -0.4 is 14.2 Å². The van der Waals surface area contributed by atoms with Crippen LogP contribution in [0.2, 0.25) is 5.02 Å². The molecule has 8 heteroatoms. The van der Waals surface area contributed by atoms with Gasteiger partial charge in [-0.2, -0.15) is 0 Å². The highest BCUT2D eigenvalue weighted by molar-refractivity contribution is 6.46. The summed E-state index contributed by atoms with van der Waals surface area (Å²) in [5.41, 5.74) is 0.800. The summed E-state index contributed by atoms with van der Waals surface area (Å²) in [6.45, 7) is 2.26. The number of carbonyl (C=O) groups excluding carboxylic acids is 2. The van der Waals surface area contributed by atoms with Gasteiger partial charge < -0.3 is 24.2 Å². The fourth-order valence-electron chi connectivity index (χ4n) is 3.70. The number of methoxy groups -OCH3 is 3. The van der Waals surface area contributed by atoms with Gasteiger partial charge in [-0.05, 0) is 30.2 Å². The minimum absolute atomic E-state index is 0.0359. The van der Waals surface area contributed by atoms with Crippen LogP contribution in [0, 0.1) is 0 Å². The number of amides is 1. The lowest BCUT2D eigenvalue weighted by Crippen LogP contribution is -2.30. The number of carbonyl (C=O) groups is 2. The largest absolute Gasteiger partial charge is 0.507 e. The SMILES string of the molecule is CCCN1C(=O)C(=O)/C(=C(/O)c2cc(Cl)c(OC)cc2OC)C1c1cccc(OC)c1. The Morgan fingerprint density at radius 3 is 2.39 bits per heavy atom. The van der Waals surface area contributed by atoms with Gasteiger partial charge in [0.1, 0.15) is 23.0 Å². The zero-order chi connectivity index (χ0) is 22.7. The lowest BCUT2D eigenvalue weighted by Gasteiger charge is -2.25. The van der Waals surface area contributed by atoms with Crippen molar-refractivity contribution in [1.29, 1.82) is 0 Å². The second kappa shape index (κ2) is 9.31. The molecule has 3 rings (SSSR count). The molecule has 0 saturated carbocycles. The molecule has 1 aliphatic rings. The second-order valence-corrected chi connectivity index (χ2v) is 7.36. The Labute approximate surface area is 185 Å². The predicted molar refractivity (Wildman–Crippen MR) is 117 cm³/mol. The summed E-state index contributed by atoms with van der Waals surface area (Å²) in [5, 5.41) is 11.4. The highest BCUT2D eigenvalue weighted by Crippen LogP contribution is 2.43. The first kappa shape index (κ1) is 22.5. The summed E-state index contributed by atoms with van der Waals surface area (Å²) >= 11 is 6.25. The molecule has 0 radical (unpaired) electrons. The smallest absolute Gasteiger partial charge is 0.295 e. The molecule has 1 unspecified atom stereocenters. The molecule has 31 heavy (non-hydrogen) atoms. The quantitative estimate of drug-likeness (QED) is 0.390. The highest BCUT2D eigenvalue weighted by atomic mass is 35.5. The molecule has 0 spiro atoms. The molecule has 1 atom stereocenters. The van der Waals surface area contributed by atoms with Crippen LogP contribution in [-0.4, -0.2) is 49.6 Å². The van der Waals surface area contributed by atoms with Crippen molar-refractivity contribution >= 4 is 29.1 Å². The maximum atomic E-state index is 13.0. The molecule has 7 nitrogen and oxygen atoms in total. The van der Waals surface area contributed by atoms with E-state index >= 15 is 0 Å². The third kappa shape index (κ3) is 4.05. The Bertz CT molecular complexity index is 1050. The molecule has 2 aromatic carbocycles. The Hall–Kier alpha value is -3.19. The zero-order valence-corrected chi connectivity index (χ0v) is 18.5. The number of halogens is 1. The molecule has 0 bridgehead atoms. The van der Waals surface area contributed by atoms with Crippen molar-refractivity contribution in [1.82, 2.24) is 4.90 Å². The van der Waals surface area contributed by atoms with Gasteiger partial charge in [-0.25, -0.2) is 0 Å². The van der Waals surface area contributed by atoms with Crippen molar-refractivity contribution in [2.75, 3.05) is 27.9 Å². The van der Waals surface area contributed by atoms with Gasteiger partial charge >= 0.3 is 0 Å². The number of hydrogen-bond donors (Lipinski definition) is 1. The van der Waals surface area contributed by atoms with Crippen molar-refractivity contribution in [2.24, 2.45) is 0 Å². The molecule has 164 valence electrons. The molecule has 1 saturated heterocycles. The van der Waals surface area contributed by atoms with Crippen LogP contribution in [0.15, 0.2) is 42.0 Å². The van der Waals surface area contributed by atoms with Gasteiger partial charge in [0.15, 0.2) is 0 Å². The third-order valence-corrected chi connectivity index (χ3v) is 5.44. The highest BCUT2D eigenvalue weighted by Gasteiger charge is 2.46. The number of nitrogens with zero attached hydrogens (tertiary/aromatic N) is 1. The Kier molecular flexibility index (Phi) is 6.75. The maximum Gasteiger partial charge on any atom is 0.295 e. The summed E-state index contributed by atoms with van der Waals surface area (Å²) in [7, 11) is 4.42. The summed E-state index contributed by atoms with van der Waals surface area (Å²) in [6.07, 6.45) is 0.644. The first-order valence-electron chi connectivity index (χ1n) is 9.72. The lowest BCUT2D eigenvalue weighted by atomic mass is 9.94. The molecule has 1 amide bonds. The summed E-state index contributed by atoms with van der Waals surface area (Å²) in [5.74, 6) is -0.630. The topological polar surface area (TPSA) is 85.3 Å². The number of aliphatic hydroxyl groups is 1. The van der Waals surface area contributed by atoms with E-state index in [2.05, 4.69) is 0 Å². The standard InChI is InChI=1S/C23H24ClNO6/c1-5-9-25-20(13-7-6-8-14(10-13)29-2)19(22(27)23(25)28)21(26)15-11-16(24)18(31-4)12-17(15)30-3/h6-8,10-12,20,26H,5,9H2,1-4H3/b21-19+. The van der Waals surface area contributed by atoms with Crippen LogP contribution >= 0.6 is 11.6 Å². The average Bonchev–Trinajstić information content (AvgIpc) is 3.03. The zero-order valence-electron chi connectivity index (χ0n) is 17.8. The van der Waals surface area contributed by atoms with Gasteiger partial charge in [0.2, 0.25) is 0 Å². The van der Waals surface area contributed by atoms with Crippen LogP contribution in [0.3, 0.4) is 0 Å². The number of aliphatic hydroxyl groups excluding tert-OH is 1. The van der Waals surface area contributed by atoms with E-state index < -0.39 is 17.7 Å². The molecule has 2 aromatic rings. The molecule has 1 fully saturated rings. The van der Waals surface area contributed by atoms with Crippen molar-refractivity contribution in [3.05, 3.63) is 58.1 Å². The molecule has 1 N–H and O–H groups in total. The van der Waals surface area contributed by atoms with Crippen LogP contribution in [-0.2, 0) is 9.59 Å². The van der Waals surface area contributed by atoms with Crippen LogP contribution in [0.5, 0.6) is 17.2 Å².